The van der Waals surface area contributed by atoms with Crippen molar-refractivity contribution in [3.8, 4) is 0 Å². The van der Waals surface area contributed by atoms with Gasteiger partial charge in [-0.3, -0.25) is 13.9 Å². The number of carbonyl (C=O) groups excluding carboxylic acids is 2. The van der Waals surface area contributed by atoms with Gasteiger partial charge in [0, 0.05) is 25.6 Å². The Bertz CT molecular complexity index is 1100. The maximum Gasteiger partial charge on any atom is 0.242 e. The molecule has 0 aliphatic rings. The topological polar surface area (TPSA) is 86.8 Å². The average Bonchev–Trinajstić information content (AvgIpc) is 2.81. The number of aryl methyl sites for hydroxylation is 2. The second-order valence-electron chi connectivity index (χ2n) is 9.21. The minimum absolute atomic E-state index is 0.0138. The summed E-state index contributed by atoms with van der Waals surface area (Å²) in [6.07, 6.45) is 2.44. The first kappa shape index (κ1) is 28.4. The van der Waals surface area contributed by atoms with E-state index in [9.17, 15) is 18.0 Å². The summed E-state index contributed by atoms with van der Waals surface area (Å²) in [4.78, 5) is 27.7. The van der Waals surface area contributed by atoms with Crippen LogP contribution in [0.3, 0.4) is 0 Å². The average molecular weight is 502 g/mol. The van der Waals surface area contributed by atoms with Crippen molar-refractivity contribution in [3.63, 3.8) is 0 Å². The molecule has 7 nitrogen and oxygen atoms in total. The van der Waals surface area contributed by atoms with Crippen LogP contribution in [0.25, 0.3) is 0 Å². The van der Waals surface area contributed by atoms with Crippen molar-refractivity contribution in [2.24, 2.45) is 0 Å². The van der Waals surface area contributed by atoms with E-state index in [0.717, 1.165) is 23.1 Å². The lowest BCUT2D eigenvalue weighted by Crippen LogP contribution is -2.49. The highest BCUT2D eigenvalue weighted by atomic mass is 32.2. The maximum atomic E-state index is 13.3. The Hall–Kier alpha value is -2.87. The van der Waals surface area contributed by atoms with Gasteiger partial charge in [0.05, 0.1) is 11.9 Å². The van der Waals surface area contributed by atoms with Gasteiger partial charge in [-0.15, -0.1) is 0 Å². The van der Waals surface area contributed by atoms with Crippen LogP contribution in [-0.4, -0.2) is 50.0 Å². The van der Waals surface area contributed by atoms with Crippen LogP contribution in [0.1, 0.15) is 56.7 Å². The van der Waals surface area contributed by atoms with Gasteiger partial charge in [0.15, 0.2) is 0 Å². The van der Waals surface area contributed by atoms with E-state index in [1.807, 2.05) is 70.2 Å². The van der Waals surface area contributed by atoms with Gasteiger partial charge in [-0.2, -0.15) is 0 Å². The SMILES string of the molecule is CC[C@@H](C)NC(=O)[C@H](C)N(Cc1ccccc1)C(=O)CCCN(c1ccc(C)c(C)c1)S(C)(=O)=O. The van der Waals surface area contributed by atoms with Crippen molar-refractivity contribution in [1.82, 2.24) is 10.2 Å². The third kappa shape index (κ3) is 8.38. The summed E-state index contributed by atoms with van der Waals surface area (Å²) in [5.41, 5.74) is 3.60. The van der Waals surface area contributed by atoms with Gasteiger partial charge < -0.3 is 10.2 Å². The fourth-order valence-corrected chi connectivity index (χ4v) is 4.67. The summed E-state index contributed by atoms with van der Waals surface area (Å²) in [6, 6.07) is 14.4. The van der Waals surface area contributed by atoms with Crippen LogP contribution in [0.4, 0.5) is 5.69 Å². The number of amides is 2. The molecule has 2 atom stereocenters. The first-order valence-electron chi connectivity index (χ1n) is 12.1. The number of rotatable bonds is 12. The summed E-state index contributed by atoms with van der Waals surface area (Å²) in [5.74, 6) is -0.384. The molecule has 0 saturated carbocycles. The first-order valence-corrected chi connectivity index (χ1v) is 14.0. The van der Waals surface area contributed by atoms with Crippen LogP contribution < -0.4 is 9.62 Å². The molecular weight excluding hydrogens is 462 g/mol. The van der Waals surface area contributed by atoms with Crippen molar-refractivity contribution in [1.29, 1.82) is 0 Å². The summed E-state index contributed by atoms with van der Waals surface area (Å²) >= 11 is 0. The van der Waals surface area contributed by atoms with Crippen molar-refractivity contribution >= 4 is 27.5 Å². The van der Waals surface area contributed by atoms with Gasteiger partial charge in [0.25, 0.3) is 0 Å². The quantitative estimate of drug-likeness (QED) is 0.473. The predicted molar refractivity (Wildman–Crippen MR) is 142 cm³/mol. The second kappa shape index (κ2) is 12.7. The largest absolute Gasteiger partial charge is 0.352 e. The van der Waals surface area contributed by atoms with Crippen molar-refractivity contribution in [3.05, 3.63) is 65.2 Å². The lowest BCUT2D eigenvalue weighted by Gasteiger charge is -2.30. The van der Waals surface area contributed by atoms with Crippen molar-refractivity contribution < 1.29 is 18.0 Å². The molecule has 0 radical (unpaired) electrons. The van der Waals surface area contributed by atoms with Gasteiger partial charge in [-0.05, 0) is 69.4 Å². The van der Waals surface area contributed by atoms with Gasteiger partial charge in [0.1, 0.15) is 6.04 Å². The van der Waals surface area contributed by atoms with E-state index < -0.39 is 16.1 Å². The molecule has 0 aromatic heterocycles. The number of benzene rings is 2. The highest BCUT2D eigenvalue weighted by molar-refractivity contribution is 7.92. The molecule has 0 unspecified atom stereocenters. The molecule has 0 bridgehead atoms. The highest BCUT2D eigenvalue weighted by Gasteiger charge is 2.27. The fraction of sp³-hybridized carbons (Fsp3) is 0.481. The lowest BCUT2D eigenvalue weighted by atomic mass is 10.1. The van der Waals surface area contributed by atoms with E-state index >= 15 is 0 Å². The minimum Gasteiger partial charge on any atom is -0.352 e. The zero-order valence-electron chi connectivity index (χ0n) is 21.7. The first-order chi connectivity index (χ1) is 16.4. The molecule has 2 aromatic carbocycles. The normalized spacial score (nSPS) is 13.1. The number of nitrogens with zero attached hydrogens (tertiary/aromatic N) is 2. The molecule has 35 heavy (non-hydrogen) atoms. The van der Waals surface area contributed by atoms with Crippen molar-refractivity contribution in [2.75, 3.05) is 17.1 Å². The van der Waals surface area contributed by atoms with E-state index in [2.05, 4.69) is 5.32 Å². The molecule has 8 heteroatoms. The Labute approximate surface area is 210 Å². The molecule has 0 heterocycles. The highest BCUT2D eigenvalue weighted by Crippen LogP contribution is 2.22. The van der Waals surface area contributed by atoms with Crippen LogP contribution in [0.15, 0.2) is 48.5 Å². The summed E-state index contributed by atoms with van der Waals surface area (Å²) in [5, 5.41) is 2.96. The third-order valence-electron chi connectivity index (χ3n) is 6.29. The number of anilines is 1. The lowest BCUT2D eigenvalue weighted by molar-refractivity contribution is -0.140. The van der Waals surface area contributed by atoms with E-state index in [1.54, 1.807) is 17.9 Å². The zero-order valence-corrected chi connectivity index (χ0v) is 22.6. The second-order valence-corrected chi connectivity index (χ2v) is 11.1. The molecule has 1 N–H and O–H groups in total. The van der Waals surface area contributed by atoms with E-state index in [-0.39, 0.29) is 30.8 Å². The number of carbonyl (C=O) groups is 2. The smallest absolute Gasteiger partial charge is 0.242 e. The monoisotopic (exact) mass is 501 g/mol. The predicted octanol–water partition coefficient (Wildman–Crippen LogP) is 4.18. The van der Waals surface area contributed by atoms with E-state index in [4.69, 9.17) is 0 Å². The summed E-state index contributed by atoms with van der Waals surface area (Å²) in [6.45, 7) is 10.1. The molecule has 0 spiro atoms. The Morgan fingerprint density at radius 3 is 2.23 bits per heavy atom. The molecule has 0 fully saturated rings. The maximum absolute atomic E-state index is 13.3. The number of nitrogens with one attached hydrogen (secondary N) is 1. The number of hydrogen-bond donors (Lipinski definition) is 1. The molecule has 2 rings (SSSR count). The summed E-state index contributed by atoms with van der Waals surface area (Å²) in [7, 11) is -3.52. The molecule has 2 aromatic rings. The van der Waals surface area contributed by atoms with Crippen LogP contribution in [0.2, 0.25) is 0 Å². The fourth-order valence-electron chi connectivity index (χ4n) is 3.71. The zero-order chi connectivity index (χ0) is 26.2. The Kier molecular flexibility index (Phi) is 10.3. The van der Waals surface area contributed by atoms with Gasteiger partial charge >= 0.3 is 0 Å². The minimum atomic E-state index is -3.52. The Morgan fingerprint density at radius 1 is 1.00 bits per heavy atom. The van der Waals surface area contributed by atoms with Crippen LogP contribution in [-0.2, 0) is 26.2 Å². The van der Waals surface area contributed by atoms with Crippen LogP contribution in [0, 0.1) is 13.8 Å². The molecule has 2 amide bonds. The van der Waals surface area contributed by atoms with E-state index in [0.29, 0.717) is 18.7 Å². The van der Waals surface area contributed by atoms with Gasteiger partial charge in [-0.1, -0.05) is 43.3 Å². The van der Waals surface area contributed by atoms with Crippen LogP contribution in [0.5, 0.6) is 0 Å². The molecule has 0 aliphatic carbocycles. The summed E-state index contributed by atoms with van der Waals surface area (Å²) < 4.78 is 26.3. The molecule has 0 saturated heterocycles. The standard InChI is InChI=1S/C27H39N3O4S/c1-7-22(4)28-27(32)23(5)29(19-24-12-9-8-10-13-24)26(31)14-11-17-30(35(6,33)34)25-16-15-20(2)21(3)18-25/h8-10,12-13,15-16,18,22-23H,7,11,14,17,19H2,1-6H3,(H,28,32)/t22-,23+/m1/s1. The molecule has 192 valence electrons. The number of sulfonamides is 1. The Morgan fingerprint density at radius 2 is 1.66 bits per heavy atom. The van der Waals surface area contributed by atoms with Gasteiger partial charge in [-0.25, -0.2) is 8.42 Å². The Balaban J connectivity index is 2.16. The van der Waals surface area contributed by atoms with Crippen LogP contribution >= 0.6 is 0 Å². The van der Waals surface area contributed by atoms with Gasteiger partial charge in [0.2, 0.25) is 21.8 Å². The van der Waals surface area contributed by atoms with E-state index in [1.165, 1.54) is 10.6 Å². The molecular formula is C27H39N3O4S. The number of hydrogen-bond acceptors (Lipinski definition) is 4. The molecule has 0 aliphatic heterocycles. The third-order valence-corrected chi connectivity index (χ3v) is 7.49. The van der Waals surface area contributed by atoms with Crippen molar-refractivity contribution in [2.45, 2.75) is 72.5 Å².